The largest absolute Gasteiger partial charge is 0.394 e. The molecule has 0 saturated carbocycles. The number of aliphatic hydroxyl groups excluding tert-OH is 1. The van der Waals surface area contributed by atoms with Crippen molar-refractivity contribution in [2.24, 2.45) is 0 Å². The lowest BCUT2D eigenvalue weighted by Crippen LogP contribution is -2.26. The van der Waals surface area contributed by atoms with Crippen molar-refractivity contribution in [1.29, 1.82) is 0 Å². The lowest BCUT2D eigenvalue weighted by atomic mass is 9.99. The van der Waals surface area contributed by atoms with Crippen molar-refractivity contribution in [3.05, 3.63) is 71.8 Å². The van der Waals surface area contributed by atoms with Crippen molar-refractivity contribution in [1.82, 2.24) is 5.32 Å². The van der Waals surface area contributed by atoms with E-state index in [1.54, 1.807) is 0 Å². The molecule has 20 heavy (non-hydrogen) atoms. The van der Waals surface area contributed by atoms with Crippen LogP contribution in [0.5, 0.6) is 0 Å². The third-order valence-electron chi connectivity index (χ3n) is 3.10. The molecule has 0 bridgehead atoms. The molecule has 0 heterocycles. The van der Waals surface area contributed by atoms with Gasteiger partial charge < -0.3 is 15.2 Å². The minimum Gasteiger partial charge on any atom is -0.394 e. The number of hydrogen-bond acceptors (Lipinski definition) is 3. The molecule has 0 aliphatic heterocycles. The summed E-state index contributed by atoms with van der Waals surface area (Å²) in [4.78, 5) is 0. The summed E-state index contributed by atoms with van der Waals surface area (Å²) in [6.07, 6.45) is 0. The van der Waals surface area contributed by atoms with E-state index in [2.05, 4.69) is 53.8 Å². The van der Waals surface area contributed by atoms with E-state index in [0.717, 1.165) is 6.54 Å². The highest BCUT2D eigenvalue weighted by Crippen LogP contribution is 2.21. The highest BCUT2D eigenvalue weighted by atomic mass is 16.5. The fourth-order valence-electron chi connectivity index (χ4n) is 2.16. The fourth-order valence-corrected chi connectivity index (χ4v) is 2.16. The zero-order valence-electron chi connectivity index (χ0n) is 11.5. The van der Waals surface area contributed by atoms with E-state index in [4.69, 9.17) is 9.84 Å². The Morgan fingerprint density at radius 2 is 1.40 bits per heavy atom. The number of ether oxygens (including phenoxy) is 1. The van der Waals surface area contributed by atoms with Gasteiger partial charge in [0.1, 0.15) is 0 Å². The van der Waals surface area contributed by atoms with Gasteiger partial charge in [0.25, 0.3) is 0 Å². The van der Waals surface area contributed by atoms with Gasteiger partial charge in [0.15, 0.2) is 0 Å². The zero-order chi connectivity index (χ0) is 14.0. The van der Waals surface area contributed by atoms with E-state index in [9.17, 15) is 0 Å². The van der Waals surface area contributed by atoms with Gasteiger partial charge in [-0.25, -0.2) is 0 Å². The first-order valence-corrected chi connectivity index (χ1v) is 6.93. The van der Waals surface area contributed by atoms with Crippen molar-refractivity contribution in [3.8, 4) is 0 Å². The van der Waals surface area contributed by atoms with E-state index in [1.165, 1.54) is 11.1 Å². The van der Waals surface area contributed by atoms with Crippen LogP contribution in [-0.2, 0) is 4.74 Å². The molecule has 0 aliphatic rings. The Morgan fingerprint density at radius 3 is 1.90 bits per heavy atom. The smallest absolute Gasteiger partial charge is 0.0698 e. The first-order valence-electron chi connectivity index (χ1n) is 6.93. The molecule has 0 spiro atoms. The number of benzene rings is 2. The van der Waals surface area contributed by atoms with Gasteiger partial charge in [-0.15, -0.1) is 0 Å². The third-order valence-corrected chi connectivity index (χ3v) is 3.10. The van der Waals surface area contributed by atoms with Gasteiger partial charge in [0, 0.05) is 6.54 Å². The summed E-state index contributed by atoms with van der Waals surface area (Å²) in [7, 11) is 0. The molecule has 3 heteroatoms. The standard InChI is InChI=1S/C17H21NO2/c19-12-14-20-13-11-18-17(15-7-3-1-4-8-15)16-9-5-2-6-10-16/h1-10,17-19H,11-14H2. The second kappa shape index (κ2) is 8.48. The summed E-state index contributed by atoms with van der Waals surface area (Å²) in [5.74, 6) is 0. The second-order valence-corrected chi connectivity index (χ2v) is 4.54. The molecule has 0 aliphatic carbocycles. The predicted octanol–water partition coefficient (Wildman–Crippen LogP) is 2.37. The van der Waals surface area contributed by atoms with Crippen LogP contribution in [0.2, 0.25) is 0 Å². The van der Waals surface area contributed by atoms with Crippen LogP contribution in [0.3, 0.4) is 0 Å². The summed E-state index contributed by atoms with van der Waals surface area (Å²) in [6.45, 7) is 1.80. The van der Waals surface area contributed by atoms with Gasteiger partial charge in [-0.05, 0) is 11.1 Å². The normalized spacial score (nSPS) is 10.9. The zero-order valence-corrected chi connectivity index (χ0v) is 11.5. The molecule has 2 N–H and O–H groups in total. The van der Waals surface area contributed by atoms with Crippen LogP contribution < -0.4 is 5.32 Å². The van der Waals surface area contributed by atoms with Crippen molar-refractivity contribution in [2.45, 2.75) is 6.04 Å². The third kappa shape index (κ3) is 4.46. The molecule has 106 valence electrons. The molecule has 0 fully saturated rings. The Balaban J connectivity index is 2.02. The number of aliphatic hydroxyl groups is 1. The molecule has 2 rings (SSSR count). The minimum absolute atomic E-state index is 0.0702. The average molecular weight is 271 g/mol. The summed E-state index contributed by atoms with van der Waals surface area (Å²) in [6, 6.07) is 20.9. The molecule has 0 unspecified atom stereocenters. The van der Waals surface area contributed by atoms with Crippen LogP contribution in [0, 0.1) is 0 Å². The lowest BCUT2D eigenvalue weighted by Gasteiger charge is -2.20. The Bertz CT molecular complexity index is 433. The van der Waals surface area contributed by atoms with Crippen molar-refractivity contribution in [3.63, 3.8) is 0 Å². The molecule has 0 saturated heterocycles. The van der Waals surface area contributed by atoms with E-state index < -0.39 is 0 Å². The minimum atomic E-state index is 0.0702. The van der Waals surface area contributed by atoms with Crippen LogP contribution in [0.25, 0.3) is 0 Å². The van der Waals surface area contributed by atoms with Crippen LogP contribution in [-0.4, -0.2) is 31.5 Å². The lowest BCUT2D eigenvalue weighted by molar-refractivity contribution is 0.0931. The molecule has 2 aromatic rings. The van der Waals surface area contributed by atoms with Crippen LogP contribution in [0.15, 0.2) is 60.7 Å². The summed E-state index contributed by atoms with van der Waals surface area (Å²) in [5.41, 5.74) is 2.47. The Labute approximate surface area is 120 Å². The van der Waals surface area contributed by atoms with Gasteiger partial charge in [0.2, 0.25) is 0 Å². The number of hydrogen-bond donors (Lipinski definition) is 2. The average Bonchev–Trinajstić information content (AvgIpc) is 2.53. The monoisotopic (exact) mass is 271 g/mol. The van der Waals surface area contributed by atoms with Crippen LogP contribution in [0.4, 0.5) is 0 Å². The van der Waals surface area contributed by atoms with Gasteiger partial charge in [-0.2, -0.15) is 0 Å². The highest BCUT2D eigenvalue weighted by molar-refractivity contribution is 5.31. The maximum absolute atomic E-state index is 8.69. The Hall–Kier alpha value is -1.68. The van der Waals surface area contributed by atoms with E-state index in [0.29, 0.717) is 13.2 Å². The molecule has 0 aromatic heterocycles. The molecular formula is C17H21NO2. The summed E-state index contributed by atoms with van der Waals surface area (Å²) in [5, 5.41) is 12.2. The maximum Gasteiger partial charge on any atom is 0.0698 e. The molecule has 0 atom stereocenters. The highest BCUT2D eigenvalue weighted by Gasteiger charge is 2.12. The molecule has 2 aromatic carbocycles. The van der Waals surface area contributed by atoms with E-state index >= 15 is 0 Å². The maximum atomic E-state index is 8.69. The molecule has 0 amide bonds. The molecular weight excluding hydrogens is 250 g/mol. The Morgan fingerprint density at radius 1 is 0.850 bits per heavy atom. The topological polar surface area (TPSA) is 41.5 Å². The molecule has 3 nitrogen and oxygen atoms in total. The van der Waals surface area contributed by atoms with Crippen molar-refractivity contribution in [2.75, 3.05) is 26.4 Å². The van der Waals surface area contributed by atoms with Crippen molar-refractivity contribution < 1.29 is 9.84 Å². The van der Waals surface area contributed by atoms with Gasteiger partial charge in [-0.3, -0.25) is 0 Å². The van der Waals surface area contributed by atoms with Crippen molar-refractivity contribution >= 4 is 0 Å². The van der Waals surface area contributed by atoms with E-state index in [1.807, 2.05) is 12.1 Å². The van der Waals surface area contributed by atoms with Gasteiger partial charge in [-0.1, -0.05) is 60.7 Å². The summed E-state index contributed by atoms with van der Waals surface area (Å²) < 4.78 is 5.29. The summed E-state index contributed by atoms with van der Waals surface area (Å²) >= 11 is 0. The number of nitrogens with one attached hydrogen (secondary N) is 1. The van der Waals surface area contributed by atoms with E-state index in [-0.39, 0.29) is 12.6 Å². The SMILES string of the molecule is OCCOCCNC(c1ccccc1)c1ccccc1. The van der Waals surface area contributed by atoms with Gasteiger partial charge in [0.05, 0.1) is 25.9 Å². The number of rotatable bonds is 8. The second-order valence-electron chi connectivity index (χ2n) is 4.54. The fraction of sp³-hybridized carbons (Fsp3) is 0.294. The Kier molecular flexibility index (Phi) is 6.24. The first kappa shape index (κ1) is 14.7. The quantitative estimate of drug-likeness (QED) is 0.724. The first-order chi connectivity index (χ1) is 9.92. The molecule has 0 radical (unpaired) electrons. The van der Waals surface area contributed by atoms with Gasteiger partial charge >= 0.3 is 0 Å². The predicted molar refractivity (Wildman–Crippen MR) is 80.6 cm³/mol. The van der Waals surface area contributed by atoms with Crippen LogP contribution in [0.1, 0.15) is 17.2 Å². The van der Waals surface area contributed by atoms with Crippen LogP contribution >= 0.6 is 0 Å².